The Morgan fingerprint density at radius 1 is 1.39 bits per heavy atom. The number of nitrogens with zero attached hydrogens (tertiary/aromatic N) is 3. The third kappa shape index (κ3) is 3.09. The van der Waals surface area contributed by atoms with Gasteiger partial charge < -0.3 is 10.2 Å². The molecule has 1 fully saturated rings. The van der Waals surface area contributed by atoms with Gasteiger partial charge in [0.1, 0.15) is 0 Å². The molecular formula is C13H24N4O. The number of piperidine rings is 1. The Bertz CT molecular complexity index is 396. The fourth-order valence-electron chi connectivity index (χ4n) is 2.13. The average molecular weight is 252 g/mol. The molecule has 2 atom stereocenters. The number of likely N-dealkylation sites (tertiary alicyclic amines) is 1. The maximum atomic E-state index is 6.09. The van der Waals surface area contributed by atoms with Crippen LogP contribution in [0.4, 0.5) is 0 Å². The Morgan fingerprint density at radius 3 is 2.67 bits per heavy atom. The highest BCUT2D eigenvalue weighted by Gasteiger charge is 2.26. The van der Waals surface area contributed by atoms with Gasteiger partial charge >= 0.3 is 0 Å². The molecule has 1 saturated heterocycles. The van der Waals surface area contributed by atoms with Gasteiger partial charge in [-0.3, -0.25) is 4.90 Å². The normalized spacial score (nSPS) is 26.5. The van der Waals surface area contributed by atoms with E-state index in [1.165, 1.54) is 0 Å². The molecule has 0 aromatic carbocycles. The van der Waals surface area contributed by atoms with E-state index in [4.69, 9.17) is 10.2 Å². The minimum Gasteiger partial charge on any atom is -0.423 e. The van der Waals surface area contributed by atoms with Crippen LogP contribution in [0.15, 0.2) is 4.42 Å². The summed E-state index contributed by atoms with van der Waals surface area (Å²) in [6, 6.07) is 0.253. The predicted octanol–water partition coefficient (Wildman–Crippen LogP) is 1.54. The average Bonchev–Trinajstić information content (AvgIpc) is 2.72. The molecule has 2 rings (SSSR count). The molecule has 5 heteroatoms. The largest absolute Gasteiger partial charge is 0.423 e. The molecule has 102 valence electrons. The lowest BCUT2D eigenvalue weighted by Crippen LogP contribution is -2.47. The summed E-state index contributed by atoms with van der Waals surface area (Å²) in [7, 11) is 0. The van der Waals surface area contributed by atoms with Crippen molar-refractivity contribution >= 4 is 0 Å². The van der Waals surface area contributed by atoms with Crippen LogP contribution in [-0.4, -0.2) is 34.2 Å². The van der Waals surface area contributed by atoms with Crippen molar-refractivity contribution in [2.75, 3.05) is 13.1 Å². The maximum absolute atomic E-state index is 6.09. The Kier molecular flexibility index (Phi) is 3.73. The third-order valence-electron chi connectivity index (χ3n) is 3.57. The summed E-state index contributed by atoms with van der Waals surface area (Å²) in [5.74, 6) is 2.00. The maximum Gasteiger partial charge on any atom is 0.230 e. The van der Waals surface area contributed by atoms with Crippen molar-refractivity contribution in [3.8, 4) is 0 Å². The van der Waals surface area contributed by atoms with Crippen molar-refractivity contribution in [2.24, 2.45) is 11.7 Å². The minimum absolute atomic E-state index is 0.0853. The van der Waals surface area contributed by atoms with Crippen LogP contribution >= 0.6 is 0 Å². The lowest BCUT2D eigenvalue weighted by molar-refractivity contribution is 0.148. The zero-order valence-corrected chi connectivity index (χ0v) is 11.8. The fourth-order valence-corrected chi connectivity index (χ4v) is 2.13. The van der Waals surface area contributed by atoms with Crippen LogP contribution in [0.25, 0.3) is 0 Å². The van der Waals surface area contributed by atoms with Crippen molar-refractivity contribution in [2.45, 2.75) is 52.1 Å². The van der Waals surface area contributed by atoms with Crippen molar-refractivity contribution in [1.29, 1.82) is 0 Å². The van der Waals surface area contributed by atoms with Crippen molar-refractivity contribution in [1.82, 2.24) is 15.1 Å². The van der Waals surface area contributed by atoms with E-state index in [9.17, 15) is 0 Å². The molecular weight excluding hydrogens is 228 g/mol. The Labute approximate surface area is 109 Å². The van der Waals surface area contributed by atoms with E-state index < -0.39 is 0 Å². The summed E-state index contributed by atoms with van der Waals surface area (Å²) in [6.07, 6.45) is 1.14. The molecule has 0 spiro atoms. The van der Waals surface area contributed by atoms with E-state index in [1.807, 2.05) is 0 Å². The topological polar surface area (TPSA) is 68.2 Å². The monoisotopic (exact) mass is 252 g/mol. The molecule has 0 bridgehead atoms. The summed E-state index contributed by atoms with van der Waals surface area (Å²) >= 11 is 0. The van der Waals surface area contributed by atoms with Crippen LogP contribution in [-0.2, 0) is 12.0 Å². The molecule has 1 aliphatic rings. The molecule has 2 N–H and O–H groups in total. The van der Waals surface area contributed by atoms with Crippen molar-refractivity contribution < 1.29 is 4.42 Å². The second kappa shape index (κ2) is 4.97. The van der Waals surface area contributed by atoms with Crippen LogP contribution < -0.4 is 5.73 Å². The molecule has 0 radical (unpaired) electrons. The number of hydrogen-bond donors (Lipinski definition) is 1. The van der Waals surface area contributed by atoms with E-state index in [1.54, 1.807) is 0 Å². The summed E-state index contributed by atoms with van der Waals surface area (Å²) in [5.41, 5.74) is 6.00. The van der Waals surface area contributed by atoms with E-state index in [0.717, 1.165) is 19.5 Å². The van der Waals surface area contributed by atoms with Gasteiger partial charge in [0.15, 0.2) is 0 Å². The van der Waals surface area contributed by atoms with Gasteiger partial charge in [0.2, 0.25) is 11.8 Å². The zero-order chi connectivity index (χ0) is 13.3. The van der Waals surface area contributed by atoms with Gasteiger partial charge in [-0.15, -0.1) is 10.2 Å². The van der Waals surface area contributed by atoms with Gasteiger partial charge in [0.25, 0.3) is 0 Å². The van der Waals surface area contributed by atoms with E-state index in [0.29, 0.717) is 24.2 Å². The first-order valence-electron chi connectivity index (χ1n) is 6.67. The summed E-state index contributed by atoms with van der Waals surface area (Å²) in [6.45, 7) is 11.1. The van der Waals surface area contributed by atoms with Gasteiger partial charge in [-0.05, 0) is 18.9 Å². The molecule has 0 saturated carbocycles. The van der Waals surface area contributed by atoms with Crippen molar-refractivity contribution in [3.05, 3.63) is 11.8 Å². The number of rotatable bonds is 2. The fraction of sp³-hybridized carbons (Fsp3) is 0.846. The Balaban J connectivity index is 1.96. The molecule has 1 aromatic rings. The summed E-state index contributed by atoms with van der Waals surface area (Å²) in [5, 5.41) is 8.23. The van der Waals surface area contributed by atoms with E-state index >= 15 is 0 Å². The van der Waals surface area contributed by atoms with Gasteiger partial charge in [0, 0.05) is 18.0 Å². The molecule has 5 nitrogen and oxygen atoms in total. The first-order chi connectivity index (χ1) is 8.36. The second-order valence-electron chi connectivity index (χ2n) is 6.42. The summed E-state index contributed by atoms with van der Waals surface area (Å²) < 4.78 is 5.71. The zero-order valence-electron chi connectivity index (χ0n) is 11.8. The van der Waals surface area contributed by atoms with Gasteiger partial charge in [-0.1, -0.05) is 27.7 Å². The van der Waals surface area contributed by atoms with Gasteiger partial charge in [-0.2, -0.15) is 0 Å². The number of aromatic nitrogens is 2. The highest BCUT2D eigenvalue weighted by Crippen LogP contribution is 2.22. The molecule has 2 heterocycles. The molecule has 0 amide bonds. The molecule has 1 aromatic heterocycles. The first kappa shape index (κ1) is 13.5. The number of hydrogen-bond acceptors (Lipinski definition) is 5. The van der Waals surface area contributed by atoms with Crippen LogP contribution in [0.3, 0.4) is 0 Å². The molecule has 0 aliphatic carbocycles. The SMILES string of the molecule is CC1CCN(Cc2nnc(C(C)(C)C)o2)CC1N. The smallest absolute Gasteiger partial charge is 0.230 e. The lowest BCUT2D eigenvalue weighted by atomic mass is 9.94. The first-order valence-corrected chi connectivity index (χ1v) is 6.67. The van der Waals surface area contributed by atoms with Crippen LogP contribution in [0.1, 0.15) is 45.9 Å². The second-order valence-corrected chi connectivity index (χ2v) is 6.42. The summed E-state index contributed by atoms with van der Waals surface area (Å²) in [4.78, 5) is 2.30. The highest BCUT2D eigenvalue weighted by atomic mass is 16.4. The van der Waals surface area contributed by atoms with Crippen LogP contribution in [0, 0.1) is 5.92 Å². The minimum atomic E-state index is -0.0853. The van der Waals surface area contributed by atoms with Gasteiger partial charge in [0.05, 0.1) is 6.54 Å². The predicted molar refractivity (Wildman–Crippen MR) is 70.0 cm³/mol. The van der Waals surface area contributed by atoms with E-state index in [-0.39, 0.29) is 11.5 Å². The van der Waals surface area contributed by atoms with Crippen molar-refractivity contribution in [3.63, 3.8) is 0 Å². The van der Waals surface area contributed by atoms with Gasteiger partial charge in [-0.25, -0.2) is 0 Å². The highest BCUT2D eigenvalue weighted by molar-refractivity contribution is 4.96. The van der Waals surface area contributed by atoms with Crippen LogP contribution in [0.2, 0.25) is 0 Å². The van der Waals surface area contributed by atoms with Crippen LogP contribution in [0.5, 0.6) is 0 Å². The molecule has 1 aliphatic heterocycles. The lowest BCUT2D eigenvalue weighted by Gasteiger charge is -2.34. The molecule has 2 unspecified atom stereocenters. The van der Waals surface area contributed by atoms with E-state index in [2.05, 4.69) is 42.8 Å². The third-order valence-corrected chi connectivity index (χ3v) is 3.57. The molecule has 18 heavy (non-hydrogen) atoms. The number of nitrogens with two attached hydrogens (primary N) is 1. The quantitative estimate of drug-likeness (QED) is 0.864. The Hall–Kier alpha value is -0.940. The standard InChI is InChI=1S/C13H24N4O/c1-9-5-6-17(7-10(9)14)8-11-15-16-12(18-11)13(2,3)4/h9-10H,5-8,14H2,1-4H3. The Morgan fingerprint density at radius 2 is 2.11 bits per heavy atom.